The third-order valence-corrected chi connectivity index (χ3v) is 4.95. The van der Waals surface area contributed by atoms with Crippen LogP contribution in [0, 0.1) is 0 Å². The molecule has 5 nitrogen and oxygen atoms in total. The smallest absolute Gasteiger partial charge is 0.276 e. The Hall–Kier alpha value is -1.73. The van der Waals surface area contributed by atoms with E-state index in [2.05, 4.69) is 35.8 Å². The molecule has 3 aromatic rings. The van der Waals surface area contributed by atoms with Gasteiger partial charge in [-0.05, 0) is 34.1 Å². The highest BCUT2D eigenvalue weighted by molar-refractivity contribution is 9.10. The van der Waals surface area contributed by atoms with Crippen molar-refractivity contribution in [2.24, 2.45) is 0 Å². The second-order valence-electron chi connectivity index (χ2n) is 5.14. The van der Waals surface area contributed by atoms with Gasteiger partial charge < -0.3 is 9.64 Å². The number of anilines is 1. The number of rotatable bonds is 3. The zero-order valence-corrected chi connectivity index (χ0v) is 14.0. The lowest BCUT2D eigenvalue weighted by atomic mass is 10.3. The molecule has 1 saturated heterocycles. The molecule has 3 aromatic heterocycles. The van der Waals surface area contributed by atoms with Crippen molar-refractivity contribution in [1.29, 1.82) is 0 Å². The van der Waals surface area contributed by atoms with Crippen LogP contribution in [-0.2, 0) is 0 Å². The maximum Gasteiger partial charge on any atom is 0.276 e. The van der Waals surface area contributed by atoms with Crippen molar-refractivity contribution >= 4 is 43.3 Å². The summed E-state index contributed by atoms with van der Waals surface area (Å²) in [7, 11) is 0. The molecule has 0 radical (unpaired) electrons. The average Bonchev–Trinajstić information content (AvgIpc) is 3.14. The van der Waals surface area contributed by atoms with Gasteiger partial charge in [0.1, 0.15) is 6.10 Å². The first-order valence-electron chi connectivity index (χ1n) is 7.02. The molecule has 0 saturated carbocycles. The molecule has 0 bridgehead atoms. The van der Waals surface area contributed by atoms with Crippen LogP contribution in [-0.4, -0.2) is 34.1 Å². The van der Waals surface area contributed by atoms with Crippen LogP contribution in [0.25, 0.3) is 10.3 Å². The average molecular weight is 377 g/mol. The van der Waals surface area contributed by atoms with Gasteiger partial charge in [0.2, 0.25) is 0 Å². The first-order valence-corrected chi connectivity index (χ1v) is 8.62. The molecular weight excluding hydrogens is 364 g/mol. The van der Waals surface area contributed by atoms with Gasteiger partial charge in [0.05, 0.1) is 11.2 Å². The fraction of sp³-hybridized carbons (Fsp3) is 0.267. The van der Waals surface area contributed by atoms with Crippen LogP contribution in [0.1, 0.15) is 6.42 Å². The standard InChI is InChI=1S/C15H13BrN4OS/c16-10-7-13-14(18-8-10)19-15(22-13)21-12-3-6-20(9-12)11-1-4-17-5-2-11/h1-2,4-5,7-8,12H,3,6,9H2. The first-order chi connectivity index (χ1) is 10.8. The van der Waals surface area contributed by atoms with E-state index in [1.807, 2.05) is 30.6 Å². The van der Waals surface area contributed by atoms with Crippen molar-refractivity contribution in [3.8, 4) is 5.19 Å². The van der Waals surface area contributed by atoms with Crippen LogP contribution >= 0.6 is 27.3 Å². The van der Waals surface area contributed by atoms with Gasteiger partial charge in [-0.25, -0.2) is 4.98 Å². The van der Waals surface area contributed by atoms with Gasteiger partial charge in [0.15, 0.2) is 5.65 Å². The summed E-state index contributed by atoms with van der Waals surface area (Å²) in [5.74, 6) is 0. The van der Waals surface area contributed by atoms with Crippen molar-refractivity contribution < 1.29 is 4.74 Å². The molecule has 0 N–H and O–H groups in total. The van der Waals surface area contributed by atoms with Crippen LogP contribution in [0.15, 0.2) is 41.3 Å². The lowest BCUT2D eigenvalue weighted by Gasteiger charge is -2.17. The molecule has 7 heteroatoms. The summed E-state index contributed by atoms with van der Waals surface area (Å²) in [6.07, 6.45) is 6.56. The molecule has 112 valence electrons. The Morgan fingerprint density at radius 3 is 3.05 bits per heavy atom. The zero-order chi connectivity index (χ0) is 14.9. The van der Waals surface area contributed by atoms with E-state index in [1.165, 1.54) is 5.69 Å². The maximum absolute atomic E-state index is 6.05. The zero-order valence-electron chi connectivity index (χ0n) is 11.6. The summed E-state index contributed by atoms with van der Waals surface area (Å²) in [6, 6.07) is 6.08. The Balaban J connectivity index is 1.47. The third kappa shape index (κ3) is 2.78. The molecule has 22 heavy (non-hydrogen) atoms. The summed E-state index contributed by atoms with van der Waals surface area (Å²) >= 11 is 4.97. The van der Waals surface area contributed by atoms with Crippen LogP contribution in [0.5, 0.6) is 5.19 Å². The summed E-state index contributed by atoms with van der Waals surface area (Å²) in [6.45, 7) is 1.86. The number of aromatic nitrogens is 3. The van der Waals surface area contributed by atoms with Gasteiger partial charge in [0, 0.05) is 41.7 Å². The van der Waals surface area contributed by atoms with Crippen LogP contribution < -0.4 is 9.64 Å². The van der Waals surface area contributed by atoms with Gasteiger partial charge in [-0.3, -0.25) is 4.98 Å². The van der Waals surface area contributed by atoms with Crippen molar-refractivity contribution in [2.45, 2.75) is 12.5 Å². The minimum atomic E-state index is 0.164. The highest BCUT2D eigenvalue weighted by Crippen LogP contribution is 2.30. The third-order valence-electron chi connectivity index (χ3n) is 3.63. The van der Waals surface area contributed by atoms with E-state index in [1.54, 1.807) is 17.5 Å². The number of pyridine rings is 2. The van der Waals surface area contributed by atoms with Crippen molar-refractivity contribution in [2.75, 3.05) is 18.0 Å². The van der Waals surface area contributed by atoms with E-state index in [0.717, 1.165) is 34.3 Å². The normalized spacial score (nSPS) is 18.0. The molecule has 1 aliphatic rings. The fourth-order valence-corrected chi connectivity index (χ4v) is 3.95. The Morgan fingerprint density at radius 2 is 2.18 bits per heavy atom. The SMILES string of the molecule is Brc1cnc2nc(OC3CCN(c4ccncc4)C3)sc2c1. The number of ether oxygens (including phenoxy) is 1. The summed E-state index contributed by atoms with van der Waals surface area (Å²) < 4.78 is 8.04. The molecule has 1 fully saturated rings. The van der Waals surface area contributed by atoms with Crippen LogP contribution in [0.2, 0.25) is 0 Å². The second kappa shape index (κ2) is 5.81. The number of hydrogen-bond donors (Lipinski definition) is 0. The van der Waals surface area contributed by atoms with Gasteiger partial charge in [-0.15, -0.1) is 0 Å². The topological polar surface area (TPSA) is 51.1 Å². The van der Waals surface area contributed by atoms with E-state index in [0.29, 0.717) is 5.19 Å². The highest BCUT2D eigenvalue weighted by Gasteiger charge is 2.25. The quantitative estimate of drug-likeness (QED) is 0.699. The maximum atomic E-state index is 6.05. The lowest BCUT2D eigenvalue weighted by Crippen LogP contribution is -2.24. The Morgan fingerprint density at radius 1 is 1.32 bits per heavy atom. The van der Waals surface area contributed by atoms with E-state index >= 15 is 0 Å². The highest BCUT2D eigenvalue weighted by atomic mass is 79.9. The van der Waals surface area contributed by atoms with Crippen molar-refractivity contribution in [3.05, 3.63) is 41.3 Å². The van der Waals surface area contributed by atoms with E-state index in [9.17, 15) is 0 Å². The molecular formula is C15H13BrN4OS. The summed E-state index contributed by atoms with van der Waals surface area (Å²) in [5, 5.41) is 0.696. The lowest BCUT2D eigenvalue weighted by molar-refractivity contribution is 0.224. The second-order valence-corrected chi connectivity index (χ2v) is 7.04. The van der Waals surface area contributed by atoms with E-state index in [-0.39, 0.29) is 6.10 Å². The number of hydrogen-bond acceptors (Lipinski definition) is 6. The number of fused-ring (bicyclic) bond motifs is 1. The van der Waals surface area contributed by atoms with Crippen molar-refractivity contribution in [1.82, 2.24) is 15.0 Å². The Bertz CT molecular complexity index is 795. The fourth-order valence-electron chi connectivity index (χ4n) is 2.58. The monoisotopic (exact) mass is 376 g/mol. The minimum Gasteiger partial charge on any atom is -0.465 e. The summed E-state index contributed by atoms with van der Waals surface area (Å²) in [4.78, 5) is 15.1. The van der Waals surface area contributed by atoms with Gasteiger partial charge in [0.25, 0.3) is 5.19 Å². The van der Waals surface area contributed by atoms with E-state index in [4.69, 9.17) is 4.74 Å². The number of halogens is 1. The molecule has 0 aromatic carbocycles. The number of thiazole rings is 1. The predicted octanol–water partition coefficient (Wildman–Crippen LogP) is 3.51. The van der Waals surface area contributed by atoms with Crippen LogP contribution in [0.4, 0.5) is 5.69 Å². The van der Waals surface area contributed by atoms with Gasteiger partial charge in [-0.1, -0.05) is 11.3 Å². The van der Waals surface area contributed by atoms with E-state index < -0.39 is 0 Å². The largest absolute Gasteiger partial charge is 0.465 e. The molecule has 4 rings (SSSR count). The summed E-state index contributed by atoms with van der Waals surface area (Å²) in [5.41, 5.74) is 1.93. The predicted molar refractivity (Wildman–Crippen MR) is 90.6 cm³/mol. The molecule has 1 atom stereocenters. The molecule has 0 spiro atoms. The molecule has 0 amide bonds. The Kier molecular flexibility index (Phi) is 3.67. The minimum absolute atomic E-state index is 0.164. The molecule has 0 aliphatic carbocycles. The molecule has 4 heterocycles. The Labute approximate surface area is 140 Å². The van der Waals surface area contributed by atoms with Crippen LogP contribution in [0.3, 0.4) is 0 Å². The molecule has 1 aliphatic heterocycles. The van der Waals surface area contributed by atoms with Crippen molar-refractivity contribution in [3.63, 3.8) is 0 Å². The van der Waals surface area contributed by atoms with Gasteiger partial charge >= 0.3 is 0 Å². The number of nitrogens with zero attached hydrogens (tertiary/aromatic N) is 4. The molecule has 1 unspecified atom stereocenters. The first kappa shape index (κ1) is 13.9. The van der Waals surface area contributed by atoms with Gasteiger partial charge in [-0.2, -0.15) is 4.98 Å².